The Hall–Kier alpha value is -2.05. The highest BCUT2D eigenvalue weighted by Gasteiger charge is 2.07. The first-order chi connectivity index (χ1) is 11.0. The van der Waals surface area contributed by atoms with E-state index in [1.54, 1.807) is 37.4 Å². The number of carbonyl (C=O) groups is 2. The number of nitrogens with one attached hydrogen (secondary N) is 2. The molecule has 2 aromatic rings. The standard InChI is InChI=1S/C16H14ClFN2O2S/c1-19-16(22)10-2-4-11(5-3-10)20-15(21)9-23-12-6-7-14(18)13(17)8-12/h2-8H,9H2,1H3,(H,19,22)(H,20,21). The molecule has 0 radical (unpaired) electrons. The molecule has 0 unspecified atom stereocenters. The van der Waals surface area contributed by atoms with E-state index in [0.717, 1.165) is 0 Å². The molecule has 2 N–H and O–H groups in total. The van der Waals surface area contributed by atoms with E-state index in [9.17, 15) is 14.0 Å². The lowest BCUT2D eigenvalue weighted by Gasteiger charge is -2.06. The molecule has 2 rings (SSSR count). The maximum Gasteiger partial charge on any atom is 0.251 e. The Bertz CT molecular complexity index is 723. The highest BCUT2D eigenvalue weighted by Crippen LogP contribution is 2.24. The van der Waals surface area contributed by atoms with Crippen LogP contribution in [0.1, 0.15) is 10.4 Å². The van der Waals surface area contributed by atoms with Gasteiger partial charge in [0.2, 0.25) is 5.91 Å². The molecule has 120 valence electrons. The number of hydrogen-bond acceptors (Lipinski definition) is 3. The van der Waals surface area contributed by atoms with Crippen LogP contribution in [0.2, 0.25) is 5.02 Å². The van der Waals surface area contributed by atoms with E-state index in [4.69, 9.17) is 11.6 Å². The fourth-order valence-electron chi connectivity index (χ4n) is 1.76. The molecule has 7 heteroatoms. The second kappa shape index (κ2) is 7.99. The molecule has 0 aliphatic rings. The van der Waals surface area contributed by atoms with E-state index in [2.05, 4.69) is 10.6 Å². The summed E-state index contributed by atoms with van der Waals surface area (Å²) in [6.45, 7) is 0. The SMILES string of the molecule is CNC(=O)c1ccc(NC(=O)CSc2ccc(F)c(Cl)c2)cc1. The molecule has 0 aliphatic carbocycles. The summed E-state index contributed by atoms with van der Waals surface area (Å²) in [6, 6.07) is 10.9. The average molecular weight is 353 g/mol. The van der Waals surface area contributed by atoms with Gasteiger partial charge in [-0.05, 0) is 42.5 Å². The fraction of sp³-hybridized carbons (Fsp3) is 0.125. The van der Waals surface area contributed by atoms with Crippen molar-refractivity contribution in [3.63, 3.8) is 0 Å². The first-order valence-electron chi connectivity index (χ1n) is 6.69. The molecule has 0 spiro atoms. The highest BCUT2D eigenvalue weighted by molar-refractivity contribution is 8.00. The molecule has 4 nitrogen and oxygen atoms in total. The predicted octanol–water partition coefficient (Wildman–Crippen LogP) is 3.57. The van der Waals surface area contributed by atoms with Crippen molar-refractivity contribution in [2.45, 2.75) is 4.90 Å². The fourth-order valence-corrected chi connectivity index (χ4v) is 2.74. The predicted molar refractivity (Wildman–Crippen MR) is 90.6 cm³/mol. The third-order valence-electron chi connectivity index (χ3n) is 2.92. The Morgan fingerprint density at radius 3 is 2.48 bits per heavy atom. The summed E-state index contributed by atoms with van der Waals surface area (Å²) in [5, 5.41) is 5.27. The van der Waals surface area contributed by atoms with Gasteiger partial charge >= 0.3 is 0 Å². The van der Waals surface area contributed by atoms with E-state index < -0.39 is 5.82 Å². The normalized spacial score (nSPS) is 10.2. The van der Waals surface area contributed by atoms with Gasteiger partial charge in [0.25, 0.3) is 5.91 Å². The van der Waals surface area contributed by atoms with Gasteiger partial charge in [0.1, 0.15) is 5.82 Å². The van der Waals surface area contributed by atoms with E-state index in [-0.39, 0.29) is 22.6 Å². The van der Waals surface area contributed by atoms with Crippen molar-refractivity contribution >= 4 is 40.9 Å². The van der Waals surface area contributed by atoms with Crippen molar-refractivity contribution in [3.05, 3.63) is 58.9 Å². The Labute approximate surface area is 142 Å². The zero-order chi connectivity index (χ0) is 16.8. The number of rotatable bonds is 5. The number of anilines is 1. The van der Waals surface area contributed by atoms with Crippen LogP contribution in [0.4, 0.5) is 10.1 Å². The second-order valence-electron chi connectivity index (χ2n) is 4.57. The minimum Gasteiger partial charge on any atom is -0.355 e. The molecule has 2 aromatic carbocycles. The largest absolute Gasteiger partial charge is 0.355 e. The van der Waals surface area contributed by atoms with Gasteiger partial charge in [0, 0.05) is 23.2 Å². The highest BCUT2D eigenvalue weighted by atomic mass is 35.5. The number of amides is 2. The van der Waals surface area contributed by atoms with Crippen LogP contribution in [0.15, 0.2) is 47.4 Å². The molecule has 0 atom stereocenters. The zero-order valence-corrected chi connectivity index (χ0v) is 13.8. The lowest BCUT2D eigenvalue weighted by atomic mass is 10.2. The van der Waals surface area contributed by atoms with Gasteiger partial charge < -0.3 is 10.6 Å². The molecular weight excluding hydrogens is 339 g/mol. The Kier molecular flexibility index (Phi) is 6.01. The number of halogens is 2. The quantitative estimate of drug-likeness (QED) is 0.809. The van der Waals surface area contributed by atoms with Crippen LogP contribution in [0.25, 0.3) is 0 Å². The van der Waals surface area contributed by atoms with Gasteiger partial charge in [0.15, 0.2) is 0 Å². The molecule has 0 aliphatic heterocycles. The second-order valence-corrected chi connectivity index (χ2v) is 6.03. The lowest BCUT2D eigenvalue weighted by molar-refractivity contribution is -0.113. The van der Waals surface area contributed by atoms with Crippen molar-refractivity contribution in [1.82, 2.24) is 5.32 Å². The van der Waals surface area contributed by atoms with Crippen LogP contribution in [0.3, 0.4) is 0 Å². The molecule has 0 saturated carbocycles. The maximum atomic E-state index is 13.1. The van der Waals surface area contributed by atoms with Crippen molar-refractivity contribution in [1.29, 1.82) is 0 Å². The van der Waals surface area contributed by atoms with E-state index in [1.807, 2.05) is 0 Å². The van der Waals surface area contributed by atoms with Crippen molar-refractivity contribution in [3.8, 4) is 0 Å². The monoisotopic (exact) mass is 352 g/mol. The first kappa shape index (κ1) is 17.3. The van der Waals surface area contributed by atoms with Gasteiger partial charge in [-0.25, -0.2) is 4.39 Å². The summed E-state index contributed by atoms with van der Waals surface area (Å²) in [7, 11) is 1.55. The summed E-state index contributed by atoms with van der Waals surface area (Å²) >= 11 is 6.94. The topological polar surface area (TPSA) is 58.2 Å². The molecule has 0 heterocycles. The van der Waals surface area contributed by atoms with Gasteiger partial charge in [-0.3, -0.25) is 9.59 Å². The van der Waals surface area contributed by atoms with Gasteiger partial charge in [-0.1, -0.05) is 11.6 Å². The first-order valence-corrected chi connectivity index (χ1v) is 8.06. The number of hydrogen-bond donors (Lipinski definition) is 2. The molecular formula is C16H14ClFN2O2S. The number of benzene rings is 2. The van der Waals surface area contributed by atoms with Crippen LogP contribution in [-0.2, 0) is 4.79 Å². The Morgan fingerprint density at radius 2 is 1.87 bits per heavy atom. The summed E-state index contributed by atoms with van der Waals surface area (Å²) in [5.41, 5.74) is 1.11. The van der Waals surface area contributed by atoms with Gasteiger partial charge in [0.05, 0.1) is 10.8 Å². The van der Waals surface area contributed by atoms with Crippen molar-refractivity contribution < 1.29 is 14.0 Å². The molecule has 2 amide bonds. The summed E-state index contributed by atoms with van der Waals surface area (Å²) in [5.74, 6) is -0.717. The minimum absolute atomic E-state index is 0.0280. The summed E-state index contributed by atoms with van der Waals surface area (Å²) < 4.78 is 13.1. The van der Waals surface area contributed by atoms with Crippen molar-refractivity contribution in [2.75, 3.05) is 18.1 Å². The smallest absolute Gasteiger partial charge is 0.251 e. The molecule has 0 aromatic heterocycles. The van der Waals surface area contributed by atoms with E-state index >= 15 is 0 Å². The maximum absolute atomic E-state index is 13.1. The van der Waals surface area contributed by atoms with Crippen LogP contribution < -0.4 is 10.6 Å². The summed E-state index contributed by atoms with van der Waals surface area (Å²) in [4.78, 5) is 24.0. The van der Waals surface area contributed by atoms with Gasteiger partial charge in [-0.2, -0.15) is 0 Å². The minimum atomic E-state index is -0.489. The van der Waals surface area contributed by atoms with E-state index in [0.29, 0.717) is 16.1 Å². The Balaban J connectivity index is 1.89. The van der Waals surface area contributed by atoms with Crippen LogP contribution in [0.5, 0.6) is 0 Å². The number of carbonyl (C=O) groups excluding carboxylic acids is 2. The van der Waals surface area contributed by atoms with Crippen LogP contribution in [-0.4, -0.2) is 24.6 Å². The van der Waals surface area contributed by atoms with Gasteiger partial charge in [-0.15, -0.1) is 11.8 Å². The number of thioether (sulfide) groups is 1. The molecule has 0 bridgehead atoms. The third-order valence-corrected chi connectivity index (χ3v) is 4.20. The summed E-state index contributed by atoms with van der Waals surface area (Å²) in [6.07, 6.45) is 0. The third kappa shape index (κ3) is 4.97. The van der Waals surface area contributed by atoms with Crippen LogP contribution >= 0.6 is 23.4 Å². The Morgan fingerprint density at radius 1 is 1.17 bits per heavy atom. The molecule has 0 saturated heterocycles. The van der Waals surface area contributed by atoms with Crippen molar-refractivity contribution in [2.24, 2.45) is 0 Å². The zero-order valence-electron chi connectivity index (χ0n) is 12.2. The average Bonchev–Trinajstić information content (AvgIpc) is 2.56. The van der Waals surface area contributed by atoms with E-state index in [1.165, 1.54) is 23.9 Å². The van der Waals surface area contributed by atoms with Crippen LogP contribution in [0, 0.1) is 5.82 Å². The lowest BCUT2D eigenvalue weighted by Crippen LogP contribution is -2.18. The molecule has 23 heavy (non-hydrogen) atoms. The molecule has 0 fully saturated rings.